The molecule has 0 aliphatic rings. The molecule has 1 aromatic rings. The smallest absolute Gasteiger partial charge is 0.250 e. The fraction of sp³-hybridized carbons (Fsp3) is 0.400. The van der Waals surface area contributed by atoms with Gasteiger partial charge in [-0.2, -0.15) is 0 Å². The number of sulfonamides is 1. The first-order valence-corrected chi connectivity index (χ1v) is 7.57. The van der Waals surface area contributed by atoms with Gasteiger partial charge < -0.3 is 4.74 Å². The van der Waals surface area contributed by atoms with Crippen LogP contribution in [0.5, 0.6) is 0 Å². The molecular formula is C10H14ClNO3S2. The van der Waals surface area contributed by atoms with Crippen LogP contribution in [0.1, 0.15) is 6.92 Å². The highest BCUT2D eigenvalue weighted by Gasteiger charge is 2.15. The number of rotatable bonds is 7. The summed E-state index contributed by atoms with van der Waals surface area (Å²) in [6, 6.07) is 3.03. The molecule has 0 aliphatic heterocycles. The summed E-state index contributed by atoms with van der Waals surface area (Å²) in [5.41, 5.74) is 0.901. The molecule has 1 heterocycles. The van der Waals surface area contributed by atoms with Crippen molar-refractivity contribution in [2.45, 2.75) is 11.1 Å². The first kappa shape index (κ1) is 14.7. The molecule has 0 saturated heterocycles. The quantitative estimate of drug-likeness (QED) is 0.620. The highest BCUT2D eigenvalue weighted by molar-refractivity contribution is 7.91. The molecule has 0 fully saturated rings. The van der Waals surface area contributed by atoms with Crippen molar-refractivity contribution >= 4 is 33.0 Å². The lowest BCUT2D eigenvalue weighted by Gasteiger charge is -2.05. The van der Waals surface area contributed by atoms with E-state index in [2.05, 4.69) is 11.3 Å². The highest BCUT2D eigenvalue weighted by Crippen LogP contribution is 2.25. The van der Waals surface area contributed by atoms with Gasteiger partial charge in [0.2, 0.25) is 10.0 Å². The number of ether oxygens (including phenoxy) is 1. The molecule has 0 aliphatic carbocycles. The predicted molar refractivity (Wildman–Crippen MR) is 70.2 cm³/mol. The van der Waals surface area contributed by atoms with E-state index >= 15 is 0 Å². The van der Waals surface area contributed by atoms with Crippen LogP contribution in [-0.2, 0) is 14.8 Å². The third kappa shape index (κ3) is 5.18. The molecular weight excluding hydrogens is 282 g/mol. The van der Waals surface area contributed by atoms with E-state index in [0.717, 1.165) is 16.9 Å². The average Bonchev–Trinajstić information content (AvgIpc) is 2.64. The van der Waals surface area contributed by atoms with Crippen LogP contribution in [0.25, 0.3) is 0 Å². The Bertz CT molecular complexity index is 481. The molecule has 1 rings (SSSR count). The molecule has 0 radical (unpaired) electrons. The third-order valence-corrected chi connectivity index (χ3v) is 4.88. The molecule has 0 aromatic carbocycles. The van der Waals surface area contributed by atoms with E-state index in [9.17, 15) is 8.42 Å². The maximum absolute atomic E-state index is 11.7. The Balaban J connectivity index is 2.38. The average molecular weight is 296 g/mol. The summed E-state index contributed by atoms with van der Waals surface area (Å²) >= 11 is 6.70. The summed E-state index contributed by atoms with van der Waals surface area (Å²) in [4.78, 5) is 0. The summed E-state index contributed by atoms with van der Waals surface area (Å²) in [5, 5.41) is 0. The van der Waals surface area contributed by atoms with Gasteiger partial charge in [-0.05, 0) is 19.1 Å². The van der Waals surface area contributed by atoms with Crippen molar-refractivity contribution in [3.8, 4) is 0 Å². The fourth-order valence-electron chi connectivity index (χ4n) is 1.01. The Morgan fingerprint density at radius 2 is 2.29 bits per heavy atom. The number of thiophene rings is 1. The Morgan fingerprint density at radius 3 is 2.82 bits per heavy atom. The van der Waals surface area contributed by atoms with Crippen LogP contribution in [0.4, 0.5) is 0 Å². The summed E-state index contributed by atoms with van der Waals surface area (Å²) in [7, 11) is -3.46. The van der Waals surface area contributed by atoms with Crippen molar-refractivity contribution < 1.29 is 13.2 Å². The zero-order valence-electron chi connectivity index (χ0n) is 9.40. The Hall–Kier alpha value is -0.400. The van der Waals surface area contributed by atoms with Crippen LogP contribution in [-0.4, -0.2) is 28.2 Å². The zero-order chi connectivity index (χ0) is 12.9. The second-order valence-electron chi connectivity index (χ2n) is 3.47. The maximum atomic E-state index is 11.7. The van der Waals surface area contributed by atoms with Crippen LogP contribution < -0.4 is 4.72 Å². The third-order valence-electron chi connectivity index (χ3n) is 1.70. The number of hydrogen-bond donors (Lipinski definition) is 1. The molecule has 7 heteroatoms. The van der Waals surface area contributed by atoms with Gasteiger partial charge in [-0.3, -0.25) is 0 Å². The summed E-state index contributed by atoms with van der Waals surface area (Å²) in [6.45, 7) is 6.50. The van der Waals surface area contributed by atoms with Crippen LogP contribution in [0.3, 0.4) is 0 Å². The molecule has 1 aromatic heterocycles. The molecule has 0 atom stereocenters. The molecule has 0 amide bonds. The van der Waals surface area contributed by atoms with Crippen molar-refractivity contribution in [3.63, 3.8) is 0 Å². The second-order valence-corrected chi connectivity index (χ2v) is 7.17. The minimum absolute atomic E-state index is 0.211. The molecule has 4 nitrogen and oxygen atoms in total. The Labute approximate surface area is 110 Å². The lowest BCUT2D eigenvalue weighted by atomic mass is 10.4. The number of hydrogen-bond acceptors (Lipinski definition) is 4. The maximum Gasteiger partial charge on any atom is 0.250 e. The molecule has 0 spiro atoms. The minimum atomic E-state index is -3.46. The van der Waals surface area contributed by atoms with Gasteiger partial charge in [0.25, 0.3) is 0 Å². The standard InChI is InChI=1S/C10H14ClNO3S2/c1-8(2)7-15-6-5-12-17(13,14)10-4-3-9(11)16-10/h3-4,12H,1,5-7H2,2H3. The Kier molecular flexibility index (Phi) is 5.61. The van der Waals surface area contributed by atoms with Crippen molar-refractivity contribution in [3.05, 3.63) is 28.6 Å². The topological polar surface area (TPSA) is 55.4 Å². The zero-order valence-corrected chi connectivity index (χ0v) is 11.8. The van der Waals surface area contributed by atoms with Crippen molar-refractivity contribution in [1.82, 2.24) is 4.72 Å². The molecule has 96 valence electrons. The van der Waals surface area contributed by atoms with Gasteiger partial charge in [0, 0.05) is 6.54 Å². The number of nitrogens with one attached hydrogen (secondary N) is 1. The number of halogens is 1. The summed E-state index contributed by atoms with van der Waals surface area (Å²) in [5.74, 6) is 0. The first-order chi connectivity index (χ1) is 7.92. The lowest BCUT2D eigenvalue weighted by molar-refractivity contribution is 0.162. The van der Waals surface area contributed by atoms with Gasteiger partial charge in [-0.15, -0.1) is 11.3 Å². The van der Waals surface area contributed by atoms with Crippen LogP contribution in [0.2, 0.25) is 4.34 Å². The van der Waals surface area contributed by atoms with Gasteiger partial charge in [0.15, 0.2) is 0 Å². The van der Waals surface area contributed by atoms with E-state index in [-0.39, 0.29) is 10.8 Å². The van der Waals surface area contributed by atoms with Gasteiger partial charge in [-0.25, -0.2) is 13.1 Å². The van der Waals surface area contributed by atoms with Crippen molar-refractivity contribution in [2.75, 3.05) is 19.8 Å². The van der Waals surface area contributed by atoms with E-state index in [1.165, 1.54) is 6.07 Å². The lowest BCUT2D eigenvalue weighted by Crippen LogP contribution is -2.27. The van der Waals surface area contributed by atoms with Crippen LogP contribution >= 0.6 is 22.9 Å². The molecule has 17 heavy (non-hydrogen) atoms. The molecule has 1 N–H and O–H groups in total. The monoisotopic (exact) mass is 295 g/mol. The van der Waals surface area contributed by atoms with E-state index < -0.39 is 10.0 Å². The van der Waals surface area contributed by atoms with Crippen molar-refractivity contribution in [2.24, 2.45) is 0 Å². The van der Waals surface area contributed by atoms with Crippen LogP contribution in [0.15, 0.2) is 28.5 Å². The Morgan fingerprint density at radius 1 is 1.59 bits per heavy atom. The fourth-order valence-corrected chi connectivity index (χ4v) is 3.55. The molecule has 0 saturated carbocycles. The van der Waals surface area contributed by atoms with Gasteiger partial charge in [0.1, 0.15) is 4.21 Å². The van der Waals surface area contributed by atoms with E-state index in [1.807, 2.05) is 6.92 Å². The summed E-state index contributed by atoms with van der Waals surface area (Å²) < 4.78 is 31.7. The van der Waals surface area contributed by atoms with E-state index in [1.54, 1.807) is 6.07 Å². The minimum Gasteiger partial charge on any atom is -0.376 e. The van der Waals surface area contributed by atoms with Gasteiger partial charge >= 0.3 is 0 Å². The SMILES string of the molecule is C=C(C)COCCNS(=O)(=O)c1ccc(Cl)s1. The van der Waals surface area contributed by atoms with Gasteiger partial charge in [0.05, 0.1) is 17.6 Å². The molecule has 0 bridgehead atoms. The normalized spacial score (nSPS) is 11.6. The largest absolute Gasteiger partial charge is 0.376 e. The van der Waals surface area contributed by atoms with Gasteiger partial charge in [-0.1, -0.05) is 23.8 Å². The predicted octanol–water partition coefficient (Wildman–Crippen LogP) is 2.27. The van der Waals surface area contributed by atoms with Crippen molar-refractivity contribution in [1.29, 1.82) is 0 Å². The van der Waals surface area contributed by atoms with Crippen LogP contribution in [0, 0.1) is 0 Å². The second kappa shape index (κ2) is 6.51. The van der Waals surface area contributed by atoms with E-state index in [4.69, 9.17) is 16.3 Å². The highest BCUT2D eigenvalue weighted by atomic mass is 35.5. The van der Waals surface area contributed by atoms with E-state index in [0.29, 0.717) is 17.6 Å². The molecule has 0 unspecified atom stereocenters. The first-order valence-electron chi connectivity index (χ1n) is 4.89. The summed E-state index contributed by atoms with van der Waals surface area (Å²) in [6.07, 6.45) is 0.